The Labute approximate surface area is 238 Å². The predicted octanol–water partition coefficient (Wildman–Crippen LogP) is 3.96. The van der Waals surface area contributed by atoms with Crippen molar-refractivity contribution in [1.29, 1.82) is 0 Å². The van der Waals surface area contributed by atoms with Crippen LogP contribution in [0.5, 0.6) is 0 Å². The molecule has 11 nitrogen and oxygen atoms in total. The largest absolute Gasteiger partial charge is 0.460 e. The van der Waals surface area contributed by atoms with Crippen LogP contribution in [0.1, 0.15) is 74.6 Å². The van der Waals surface area contributed by atoms with Gasteiger partial charge < -0.3 is 24.8 Å². The first-order chi connectivity index (χ1) is 19.2. The van der Waals surface area contributed by atoms with Gasteiger partial charge in [-0.3, -0.25) is 4.79 Å². The molecule has 2 rings (SSSR count). The molecule has 0 fully saturated rings. The number of benzene rings is 2. The Hall–Kier alpha value is -4.54. The number of rotatable bonds is 11. The molecule has 0 bridgehead atoms. The zero-order valence-corrected chi connectivity index (χ0v) is 23.8. The van der Waals surface area contributed by atoms with Crippen LogP contribution in [0, 0.1) is 5.92 Å². The van der Waals surface area contributed by atoms with Gasteiger partial charge in [-0.2, -0.15) is 0 Å². The molecule has 0 heterocycles. The summed E-state index contributed by atoms with van der Waals surface area (Å²) >= 11 is 0. The van der Waals surface area contributed by atoms with Gasteiger partial charge in [0.25, 0.3) is 0 Å². The smallest absolute Gasteiger partial charge is 0.345 e. The highest BCUT2D eigenvalue weighted by Gasteiger charge is 2.30. The van der Waals surface area contributed by atoms with E-state index in [1.807, 2.05) is 0 Å². The maximum absolute atomic E-state index is 12.9. The van der Waals surface area contributed by atoms with Crippen molar-refractivity contribution in [2.75, 3.05) is 0 Å². The average Bonchev–Trinajstić information content (AvgIpc) is 2.90. The lowest BCUT2D eigenvalue weighted by atomic mass is 10.0. The van der Waals surface area contributed by atoms with E-state index in [0.717, 1.165) is 0 Å². The maximum atomic E-state index is 12.9. The van der Waals surface area contributed by atoms with E-state index in [2.05, 4.69) is 10.6 Å². The first kappa shape index (κ1) is 32.7. The molecule has 0 aliphatic rings. The number of urea groups is 1. The van der Waals surface area contributed by atoms with Gasteiger partial charge in [0.05, 0.1) is 11.1 Å². The molecule has 2 aromatic rings. The van der Waals surface area contributed by atoms with E-state index in [4.69, 9.17) is 14.2 Å². The summed E-state index contributed by atoms with van der Waals surface area (Å²) in [5.74, 6) is -4.65. The van der Waals surface area contributed by atoms with Crippen LogP contribution in [0.15, 0.2) is 60.7 Å². The fourth-order valence-electron chi connectivity index (χ4n) is 3.54. The van der Waals surface area contributed by atoms with E-state index >= 15 is 0 Å². The van der Waals surface area contributed by atoms with Crippen molar-refractivity contribution in [3.8, 4) is 0 Å². The minimum absolute atomic E-state index is 0.0869. The van der Waals surface area contributed by atoms with Crippen LogP contribution in [0.2, 0.25) is 0 Å². The lowest BCUT2D eigenvalue weighted by Gasteiger charge is -2.23. The number of nitrogens with one attached hydrogen (secondary N) is 2. The quantitative estimate of drug-likeness (QED) is 0.233. The van der Waals surface area contributed by atoms with Crippen LogP contribution in [-0.2, 0) is 28.6 Å². The van der Waals surface area contributed by atoms with E-state index in [-0.39, 0.29) is 36.3 Å². The summed E-state index contributed by atoms with van der Waals surface area (Å²) in [5.41, 5.74) is -0.511. The van der Waals surface area contributed by atoms with Gasteiger partial charge in [-0.05, 0) is 63.8 Å². The molecule has 0 radical (unpaired) electrons. The molecule has 0 aromatic heterocycles. The van der Waals surface area contributed by atoms with Gasteiger partial charge in [-0.15, -0.1) is 0 Å². The SMILES string of the molecule is CC(C)C[C@H](NC(=O)N[C@@H](CCC(=O)OC(C)(C)C)C(=O)OC(=O)c1ccccc1)C(=O)OC(=O)c1ccccc1. The number of carbonyl (C=O) groups excluding carboxylic acids is 6. The summed E-state index contributed by atoms with van der Waals surface area (Å²) in [4.78, 5) is 75.6. The third-order valence-corrected chi connectivity index (χ3v) is 5.35. The van der Waals surface area contributed by atoms with Gasteiger partial charge >= 0.3 is 35.9 Å². The van der Waals surface area contributed by atoms with E-state index in [9.17, 15) is 28.8 Å². The highest BCUT2D eigenvalue weighted by molar-refractivity contribution is 6.00. The molecule has 0 saturated heterocycles. The van der Waals surface area contributed by atoms with Crippen molar-refractivity contribution in [3.63, 3.8) is 0 Å². The first-order valence-electron chi connectivity index (χ1n) is 13.2. The molecule has 0 aliphatic heterocycles. The Kier molecular flexibility index (Phi) is 12.2. The third-order valence-electron chi connectivity index (χ3n) is 5.35. The molecule has 2 N–H and O–H groups in total. The molecule has 0 saturated carbocycles. The van der Waals surface area contributed by atoms with Gasteiger partial charge in [-0.25, -0.2) is 24.0 Å². The standard InChI is InChI=1S/C30H36N2O9/c1-19(2)18-23(28(37)40-26(35)21-14-10-7-11-15-21)32-29(38)31-22(16-17-24(33)41-30(3,4)5)27(36)39-25(34)20-12-8-6-9-13-20/h6-15,19,22-23H,16-18H2,1-5H3,(H2,31,32,38)/t22-,23-/m0/s1. The van der Waals surface area contributed by atoms with E-state index in [0.29, 0.717) is 0 Å². The molecule has 220 valence electrons. The summed E-state index contributed by atoms with van der Waals surface area (Å²) in [6.45, 7) is 8.64. The van der Waals surface area contributed by atoms with Crippen molar-refractivity contribution >= 4 is 35.9 Å². The van der Waals surface area contributed by atoms with Crippen LogP contribution in [-0.4, -0.2) is 53.6 Å². The fraction of sp³-hybridized carbons (Fsp3) is 0.400. The highest BCUT2D eigenvalue weighted by atomic mass is 16.6. The van der Waals surface area contributed by atoms with Gasteiger partial charge in [0.2, 0.25) is 0 Å². The molecule has 2 amide bonds. The van der Waals surface area contributed by atoms with Crippen molar-refractivity contribution < 1.29 is 43.0 Å². The van der Waals surface area contributed by atoms with Crippen molar-refractivity contribution in [1.82, 2.24) is 10.6 Å². The molecular weight excluding hydrogens is 532 g/mol. The number of ether oxygens (including phenoxy) is 3. The second-order valence-electron chi connectivity index (χ2n) is 10.6. The Bertz CT molecular complexity index is 1220. The summed E-state index contributed by atoms with van der Waals surface area (Å²) < 4.78 is 15.2. The Morgan fingerprint density at radius 1 is 0.707 bits per heavy atom. The number of hydrogen-bond donors (Lipinski definition) is 2. The zero-order valence-electron chi connectivity index (χ0n) is 23.8. The molecule has 0 unspecified atom stereocenters. The molecule has 0 spiro atoms. The predicted molar refractivity (Wildman–Crippen MR) is 148 cm³/mol. The molecular formula is C30H36N2O9. The molecule has 2 atom stereocenters. The Morgan fingerprint density at radius 2 is 1.15 bits per heavy atom. The normalized spacial score (nSPS) is 12.4. The van der Waals surface area contributed by atoms with Gasteiger partial charge in [0.1, 0.15) is 17.7 Å². The molecule has 41 heavy (non-hydrogen) atoms. The van der Waals surface area contributed by atoms with E-state index in [1.54, 1.807) is 71.0 Å². The fourth-order valence-corrected chi connectivity index (χ4v) is 3.54. The molecule has 0 aliphatic carbocycles. The van der Waals surface area contributed by atoms with E-state index < -0.39 is 53.6 Å². The van der Waals surface area contributed by atoms with Crippen molar-refractivity contribution in [2.24, 2.45) is 5.92 Å². The Balaban J connectivity index is 2.13. The third kappa shape index (κ3) is 12.0. The number of hydrogen-bond acceptors (Lipinski definition) is 9. The second-order valence-corrected chi connectivity index (χ2v) is 10.6. The monoisotopic (exact) mass is 568 g/mol. The number of esters is 5. The molecule has 11 heteroatoms. The summed E-state index contributed by atoms with van der Waals surface area (Å²) in [7, 11) is 0. The van der Waals surface area contributed by atoms with E-state index in [1.165, 1.54) is 24.3 Å². The lowest BCUT2D eigenvalue weighted by Crippen LogP contribution is -2.52. The summed E-state index contributed by atoms with van der Waals surface area (Å²) in [5, 5.41) is 4.77. The van der Waals surface area contributed by atoms with Crippen LogP contribution < -0.4 is 10.6 Å². The average molecular weight is 569 g/mol. The van der Waals surface area contributed by atoms with Crippen molar-refractivity contribution in [2.45, 2.75) is 71.6 Å². The minimum atomic E-state index is -1.45. The minimum Gasteiger partial charge on any atom is -0.460 e. The summed E-state index contributed by atoms with van der Waals surface area (Å²) in [6, 6.07) is 12.0. The number of amides is 2. The van der Waals surface area contributed by atoms with Crippen LogP contribution in [0.3, 0.4) is 0 Å². The first-order valence-corrected chi connectivity index (χ1v) is 13.2. The van der Waals surface area contributed by atoms with Crippen molar-refractivity contribution in [3.05, 3.63) is 71.8 Å². The van der Waals surface area contributed by atoms with Crippen LogP contribution in [0.25, 0.3) is 0 Å². The summed E-state index contributed by atoms with van der Waals surface area (Å²) in [6.07, 6.45) is -0.414. The Morgan fingerprint density at radius 3 is 1.59 bits per heavy atom. The highest BCUT2D eigenvalue weighted by Crippen LogP contribution is 2.13. The lowest BCUT2D eigenvalue weighted by molar-refractivity contribution is -0.155. The maximum Gasteiger partial charge on any atom is 0.345 e. The number of carbonyl (C=O) groups is 6. The van der Waals surface area contributed by atoms with Gasteiger partial charge in [0.15, 0.2) is 0 Å². The zero-order chi connectivity index (χ0) is 30.6. The molecule has 2 aromatic carbocycles. The van der Waals surface area contributed by atoms with Gasteiger partial charge in [-0.1, -0.05) is 50.2 Å². The van der Waals surface area contributed by atoms with Crippen LogP contribution >= 0.6 is 0 Å². The second kappa shape index (κ2) is 15.3. The van der Waals surface area contributed by atoms with Gasteiger partial charge in [0, 0.05) is 6.42 Å². The topological polar surface area (TPSA) is 154 Å². The van der Waals surface area contributed by atoms with Crippen LogP contribution in [0.4, 0.5) is 4.79 Å².